The summed E-state index contributed by atoms with van der Waals surface area (Å²) in [5.41, 5.74) is 1.95. The van der Waals surface area contributed by atoms with Gasteiger partial charge in [-0.3, -0.25) is 4.79 Å². The topological polar surface area (TPSA) is 29.1 Å². The molecule has 1 rings (SSSR count). The number of amides is 1. The van der Waals surface area contributed by atoms with Crippen molar-refractivity contribution in [3.05, 3.63) is 28.2 Å². The van der Waals surface area contributed by atoms with Crippen LogP contribution in [0.3, 0.4) is 0 Å². The van der Waals surface area contributed by atoms with Crippen LogP contribution in [0.2, 0.25) is 0 Å². The third-order valence-corrected chi connectivity index (χ3v) is 3.39. The molecule has 0 aliphatic carbocycles. The molecule has 1 aromatic carbocycles. The fraction of sp³-hybridized carbons (Fsp3) is 0.417. The summed E-state index contributed by atoms with van der Waals surface area (Å²) in [5.74, 6) is 0.664. The zero-order chi connectivity index (χ0) is 12.0. The standard InChI is InChI=1S/C12H15BrClNO/c1-9-8-10(5-6-11(9)13)15-12(16)4-2-3-7-14/h5-6,8H,2-4,7H2,1H3,(H,15,16). The van der Waals surface area contributed by atoms with Gasteiger partial charge in [-0.2, -0.15) is 0 Å². The molecule has 0 saturated heterocycles. The van der Waals surface area contributed by atoms with Gasteiger partial charge < -0.3 is 5.32 Å². The molecule has 1 N–H and O–H groups in total. The Morgan fingerprint density at radius 3 is 2.81 bits per heavy atom. The zero-order valence-electron chi connectivity index (χ0n) is 9.22. The summed E-state index contributed by atoms with van der Waals surface area (Å²) in [4.78, 5) is 11.5. The van der Waals surface area contributed by atoms with Crippen LogP contribution in [0, 0.1) is 6.92 Å². The van der Waals surface area contributed by atoms with Crippen molar-refractivity contribution in [3.8, 4) is 0 Å². The van der Waals surface area contributed by atoms with Crippen LogP contribution in [-0.4, -0.2) is 11.8 Å². The molecule has 2 nitrogen and oxygen atoms in total. The molecule has 1 aromatic rings. The molecular formula is C12H15BrClNO. The predicted molar refractivity (Wildman–Crippen MR) is 72.1 cm³/mol. The maximum atomic E-state index is 11.5. The van der Waals surface area contributed by atoms with Crippen molar-refractivity contribution in [2.75, 3.05) is 11.2 Å². The van der Waals surface area contributed by atoms with E-state index in [-0.39, 0.29) is 5.91 Å². The Morgan fingerprint density at radius 2 is 2.19 bits per heavy atom. The second-order valence-electron chi connectivity index (χ2n) is 3.66. The highest BCUT2D eigenvalue weighted by atomic mass is 79.9. The Morgan fingerprint density at radius 1 is 1.44 bits per heavy atom. The van der Waals surface area contributed by atoms with E-state index < -0.39 is 0 Å². The third-order valence-electron chi connectivity index (χ3n) is 2.23. The van der Waals surface area contributed by atoms with E-state index in [1.807, 2.05) is 25.1 Å². The number of nitrogens with one attached hydrogen (secondary N) is 1. The molecule has 16 heavy (non-hydrogen) atoms. The van der Waals surface area contributed by atoms with Crippen LogP contribution in [0.4, 0.5) is 5.69 Å². The third kappa shape index (κ3) is 4.54. The van der Waals surface area contributed by atoms with Crippen LogP contribution in [0.5, 0.6) is 0 Å². The van der Waals surface area contributed by atoms with Crippen LogP contribution < -0.4 is 5.32 Å². The molecule has 0 aromatic heterocycles. The highest BCUT2D eigenvalue weighted by Crippen LogP contribution is 2.20. The van der Waals surface area contributed by atoms with Gasteiger partial charge in [-0.1, -0.05) is 15.9 Å². The molecule has 0 fully saturated rings. The number of unbranched alkanes of at least 4 members (excludes halogenated alkanes) is 1. The lowest BCUT2D eigenvalue weighted by molar-refractivity contribution is -0.116. The van der Waals surface area contributed by atoms with Gasteiger partial charge in [-0.15, -0.1) is 11.6 Å². The van der Waals surface area contributed by atoms with Gasteiger partial charge in [0.05, 0.1) is 0 Å². The van der Waals surface area contributed by atoms with Crippen LogP contribution in [-0.2, 0) is 4.79 Å². The Hall–Kier alpha value is -0.540. The van der Waals surface area contributed by atoms with Gasteiger partial charge >= 0.3 is 0 Å². The van der Waals surface area contributed by atoms with Gasteiger partial charge in [0.1, 0.15) is 0 Å². The summed E-state index contributed by atoms with van der Waals surface area (Å²) in [6.07, 6.45) is 2.25. The lowest BCUT2D eigenvalue weighted by atomic mass is 10.2. The SMILES string of the molecule is Cc1cc(NC(=O)CCCCCl)ccc1Br. The number of carbonyl (C=O) groups is 1. The van der Waals surface area contributed by atoms with Gasteiger partial charge in [0.15, 0.2) is 0 Å². The number of rotatable bonds is 5. The van der Waals surface area contributed by atoms with Crippen LogP contribution >= 0.6 is 27.5 Å². The maximum absolute atomic E-state index is 11.5. The minimum absolute atomic E-state index is 0.0480. The number of anilines is 1. The average molecular weight is 305 g/mol. The van der Waals surface area contributed by atoms with Gasteiger partial charge in [-0.05, 0) is 43.5 Å². The van der Waals surface area contributed by atoms with Crippen molar-refractivity contribution in [2.24, 2.45) is 0 Å². The van der Waals surface area contributed by atoms with E-state index in [0.29, 0.717) is 12.3 Å². The smallest absolute Gasteiger partial charge is 0.224 e. The van der Waals surface area contributed by atoms with Crippen molar-refractivity contribution in [2.45, 2.75) is 26.2 Å². The normalized spacial score (nSPS) is 10.2. The first-order valence-electron chi connectivity index (χ1n) is 5.25. The number of hydrogen-bond acceptors (Lipinski definition) is 1. The number of benzene rings is 1. The van der Waals surface area contributed by atoms with Crippen LogP contribution in [0.25, 0.3) is 0 Å². The summed E-state index contributed by atoms with van der Waals surface area (Å²) >= 11 is 8.97. The first-order valence-corrected chi connectivity index (χ1v) is 6.58. The lowest BCUT2D eigenvalue weighted by Crippen LogP contribution is -2.11. The minimum atomic E-state index is 0.0480. The first-order chi connectivity index (χ1) is 7.63. The summed E-state index contributed by atoms with van der Waals surface area (Å²) in [6, 6.07) is 5.77. The summed E-state index contributed by atoms with van der Waals surface area (Å²) in [7, 11) is 0. The zero-order valence-corrected chi connectivity index (χ0v) is 11.6. The second-order valence-corrected chi connectivity index (χ2v) is 4.89. The second kappa shape index (κ2) is 6.92. The largest absolute Gasteiger partial charge is 0.326 e. The number of carbonyl (C=O) groups excluding carboxylic acids is 1. The van der Waals surface area contributed by atoms with Gasteiger partial charge in [0, 0.05) is 22.5 Å². The Labute approximate surface area is 110 Å². The monoisotopic (exact) mass is 303 g/mol. The summed E-state index contributed by atoms with van der Waals surface area (Å²) in [6.45, 7) is 1.99. The van der Waals surface area contributed by atoms with E-state index in [0.717, 1.165) is 28.6 Å². The van der Waals surface area contributed by atoms with E-state index in [1.165, 1.54) is 0 Å². The van der Waals surface area contributed by atoms with E-state index in [9.17, 15) is 4.79 Å². The highest BCUT2D eigenvalue weighted by Gasteiger charge is 2.03. The first kappa shape index (κ1) is 13.5. The van der Waals surface area contributed by atoms with Crippen molar-refractivity contribution >= 4 is 39.1 Å². The van der Waals surface area contributed by atoms with Gasteiger partial charge in [0.2, 0.25) is 5.91 Å². The number of halogens is 2. The minimum Gasteiger partial charge on any atom is -0.326 e. The molecule has 0 unspecified atom stereocenters. The molecule has 0 saturated carbocycles. The predicted octanol–water partition coefficient (Wildman–Crippen LogP) is 4.11. The lowest BCUT2D eigenvalue weighted by Gasteiger charge is -2.06. The molecule has 0 radical (unpaired) electrons. The average Bonchev–Trinajstić information content (AvgIpc) is 2.24. The molecule has 1 amide bonds. The van der Waals surface area contributed by atoms with Crippen molar-refractivity contribution in [1.29, 1.82) is 0 Å². The Kier molecular flexibility index (Phi) is 5.85. The molecule has 0 aliphatic heterocycles. The fourth-order valence-electron chi connectivity index (χ4n) is 1.33. The molecule has 0 aliphatic rings. The molecule has 0 spiro atoms. The molecule has 0 atom stereocenters. The van der Waals surface area contributed by atoms with Crippen molar-refractivity contribution < 1.29 is 4.79 Å². The summed E-state index contributed by atoms with van der Waals surface area (Å²) < 4.78 is 1.05. The molecule has 88 valence electrons. The Balaban J connectivity index is 2.46. The fourth-order valence-corrected chi connectivity index (χ4v) is 1.76. The number of aryl methyl sites for hydroxylation is 1. The van der Waals surface area contributed by atoms with Crippen LogP contribution in [0.15, 0.2) is 22.7 Å². The number of alkyl halides is 1. The molecule has 4 heteroatoms. The molecular weight excluding hydrogens is 289 g/mol. The van der Waals surface area contributed by atoms with E-state index >= 15 is 0 Å². The van der Waals surface area contributed by atoms with Crippen molar-refractivity contribution in [3.63, 3.8) is 0 Å². The highest BCUT2D eigenvalue weighted by molar-refractivity contribution is 9.10. The van der Waals surface area contributed by atoms with Crippen molar-refractivity contribution in [1.82, 2.24) is 0 Å². The Bertz CT molecular complexity index is 368. The van der Waals surface area contributed by atoms with E-state index in [4.69, 9.17) is 11.6 Å². The number of hydrogen-bond donors (Lipinski definition) is 1. The van der Waals surface area contributed by atoms with E-state index in [1.54, 1.807) is 0 Å². The quantitative estimate of drug-likeness (QED) is 0.644. The van der Waals surface area contributed by atoms with Gasteiger partial charge in [-0.25, -0.2) is 0 Å². The molecule has 0 heterocycles. The summed E-state index contributed by atoms with van der Waals surface area (Å²) in [5, 5.41) is 2.87. The maximum Gasteiger partial charge on any atom is 0.224 e. The molecule has 0 bridgehead atoms. The van der Waals surface area contributed by atoms with E-state index in [2.05, 4.69) is 21.2 Å². The van der Waals surface area contributed by atoms with Crippen LogP contribution in [0.1, 0.15) is 24.8 Å². The van der Waals surface area contributed by atoms with Gasteiger partial charge in [0.25, 0.3) is 0 Å².